The molecule has 0 atom stereocenters. The van der Waals surface area contributed by atoms with Gasteiger partial charge in [-0.1, -0.05) is 6.42 Å². The maximum absolute atomic E-state index is 5.51. The molecule has 2 heteroatoms. The van der Waals surface area contributed by atoms with Crippen LogP contribution in [-0.4, -0.2) is 19.1 Å². The van der Waals surface area contributed by atoms with Crippen LogP contribution in [0.3, 0.4) is 0 Å². The largest absolute Gasteiger partial charge is 0.381 e. The molecule has 9 heavy (non-hydrogen) atoms. The maximum atomic E-state index is 5.51. The Hall–Kier alpha value is 0.250. The summed E-state index contributed by atoms with van der Waals surface area (Å²) in [5.74, 6) is 1.67. The number of hydrogen-bond donors (Lipinski definition) is 0. The predicted molar refractivity (Wildman–Crippen MR) is 38.9 cm³/mol. The lowest BCUT2D eigenvalue weighted by Crippen LogP contribution is -2.27. The molecule has 0 aromatic rings. The Morgan fingerprint density at radius 3 is 2.56 bits per heavy atom. The summed E-state index contributed by atoms with van der Waals surface area (Å²) in [6.45, 7) is 1.98. The third-order valence-electron chi connectivity index (χ3n) is 1.70. The summed E-state index contributed by atoms with van der Waals surface area (Å²) in [5.41, 5.74) is 0. The highest BCUT2D eigenvalue weighted by Gasteiger charge is 2.16. The second-order valence-corrected chi connectivity index (χ2v) is 2.97. The number of hydrogen-bond acceptors (Lipinski definition) is 1. The van der Waals surface area contributed by atoms with Gasteiger partial charge in [0.05, 0.1) is 13.2 Å². The van der Waals surface area contributed by atoms with Crippen LogP contribution in [0.15, 0.2) is 0 Å². The molecule has 0 spiro atoms. The summed E-state index contributed by atoms with van der Waals surface area (Å²) in [4.78, 5) is 0. The van der Waals surface area contributed by atoms with Gasteiger partial charge in [-0.3, -0.25) is 0 Å². The average Bonchev–Trinajstić information content (AvgIpc) is 1.76. The fourth-order valence-corrected chi connectivity index (χ4v) is 1.17. The molecule has 1 heterocycles. The second-order valence-electron chi connectivity index (χ2n) is 2.59. The van der Waals surface area contributed by atoms with E-state index in [0.29, 0.717) is 0 Å². The molecule has 0 N–H and O–H groups in total. The number of rotatable bonds is 4. The Bertz CT molecular complexity index is 71.3. The Morgan fingerprint density at radius 2 is 2.11 bits per heavy atom. The van der Waals surface area contributed by atoms with Crippen LogP contribution in [0.5, 0.6) is 0 Å². The Balaban J connectivity index is 1.80. The van der Waals surface area contributed by atoms with Crippen molar-refractivity contribution in [3.05, 3.63) is 0 Å². The normalized spacial score (nSPS) is 19.7. The first-order chi connectivity index (χ1) is 4.43. The molecule has 0 bridgehead atoms. The van der Waals surface area contributed by atoms with E-state index in [1.165, 1.54) is 12.8 Å². The van der Waals surface area contributed by atoms with Crippen molar-refractivity contribution >= 4 is 11.6 Å². The first-order valence-electron chi connectivity index (χ1n) is 3.57. The first-order valence-corrected chi connectivity index (χ1v) is 4.10. The number of halogens is 1. The minimum atomic E-state index is 0.813. The fraction of sp³-hybridized carbons (Fsp3) is 1.00. The fourth-order valence-electron chi connectivity index (χ4n) is 0.979. The van der Waals surface area contributed by atoms with Crippen LogP contribution in [0.2, 0.25) is 0 Å². The molecule has 0 radical (unpaired) electrons. The van der Waals surface area contributed by atoms with E-state index in [2.05, 4.69) is 0 Å². The Morgan fingerprint density at radius 1 is 1.33 bits per heavy atom. The molecule has 1 aliphatic heterocycles. The smallest absolute Gasteiger partial charge is 0.0516 e. The molecule has 0 aromatic carbocycles. The van der Waals surface area contributed by atoms with Crippen LogP contribution < -0.4 is 0 Å². The van der Waals surface area contributed by atoms with Crippen molar-refractivity contribution in [2.75, 3.05) is 19.1 Å². The highest BCUT2D eigenvalue weighted by molar-refractivity contribution is 6.17. The van der Waals surface area contributed by atoms with E-state index in [1.54, 1.807) is 0 Å². The van der Waals surface area contributed by atoms with Gasteiger partial charge >= 0.3 is 0 Å². The molecule has 1 aliphatic rings. The van der Waals surface area contributed by atoms with Crippen molar-refractivity contribution in [2.24, 2.45) is 5.92 Å². The molecule has 54 valence electrons. The maximum Gasteiger partial charge on any atom is 0.0516 e. The number of alkyl halides is 1. The van der Waals surface area contributed by atoms with E-state index in [1.807, 2.05) is 0 Å². The minimum Gasteiger partial charge on any atom is -0.381 e. The lowest BCUT2D eigenvalue weighted by Gasteiger charge is -2.25. The molecule has 1 fully saturated rings. The lowest BCUT2D eigenvalue weighted by molar-refractivity contribution is -0.0362. The van der Waals surface area contributed by atoms with Gasteiger partial charge in [-0.05, 0) is 12.8 Å². The van der Waals surface area contributed by atoms with Gasteiger partial charge in [-0.2, -0.15) is 0 Å². The first kappa shape index (κ1) is 7.36. The van der Waals surface area contributed by atoms with Gasteiger partial charge in [0.1, 0.15) is 0 Å². The monoisotopic (exact) mass is 148 g/mol. The van der Waals surface area contributed by atoms with E-state index in [-0.39, 0.29) is 0 Å². The molecular weight excluding hydrogens is 136 g/mol. The topological polar surface area (TPSA) is 9.23 Å². The zero-order chi connectivity index (χ0) is 6.53. The SMILES string of the molecule is ClCCCCC1COC1. The van der Waals surface area contributed by atoms with E-state index < -0.39 is 0 Å². The summed E-state index contributed by atoms with van der Waals surface area (Å²) in [7, 11) is 0. The molecule has 0 aromatic heterocycles. The van der Waals surface area contributed by atoms with Gasteiger partial charge in [-0.15, -0.1) is 11.6 Å². The summed E-state index contributed by atoms with van der Waals surface area (Å²) in [6.07, 6.45) is 3.75. The van der Waals surface area contributed by atoms with Crippen LogP contribution in [-0.2, 0) is 4.74 Å². The van der Waals surface area contributed by atoms with Crippen molar-refractivity contribution in [2.45, 2.75) is 19.3 Å². The Labute approximate surface area is 61.3 Å². The highest BCUT2D eigenvalue weighted by atomic mass is 35.5. The number of ether oxygens (including phenoxy) is 1. The minimum absolute atomic E-state index is 0.813. The number of unbranched alkanes of at least 4 members (excludes halogenated alkanes) is 1. The molecule has 1 saturated heterocycles. The summed E-state index contributed by atoms with van der Waals surface area (Å²) in [6, 6.07) is 0. The molecule has 1 nitrogen and oxygen atoms in total. The molecule has 0 unspecified atom stereocenters. The molecule has 0 saturated carbocycles. The zero-order valence-electron chi connectivity index (χ0n) is 5.61. The van der Waals surface area contributed by atoms with Crippen LogP contribution in [0.25, 0.3) is 0 Å². The van der Waals surface area contributed by atoms with E-state index in [9.17, 15) is 0 Å². The summed E-state index contributed by atoms with van der Waals surface area (Å²) >= 11 is 5.51. The van der Waals surface area contributed by atoms with E-state index in [4.69, 9.17) is 16.3 Å². The standard InChI is InChI=1S/C7H13ClO/c8-4-2-1-3-7-5-9-6-7/h7H,1-6H2. The van der Waals surface area contributed by atoms with Crippen LogP contribution in [0.4, 0.5) is 0 Å². The predicted octanol–water partition coefficient (Wildman–Crippen LogP) is 2.04. The third-order valence-corrected chi connectivity index (χ3v) is 1.97. The van der Waals surface area contributed by atoms with E-state index in [0.717, 1.165) is 31.4 Å². The van der Waals surface area contributed by atoms with Gasteiger partial charge in [-0.25, -0.2) is 0 Å². The molecular formula is C7H13ClO. The van der Waals surface area contributed by atoms with Gasteiger partial charge in [0.15, 0.2) is 0 Å². The highest BCUT2D eigenvalue weighted by Crippen LogP contribution is 2.16. The third kappa shape index (κ3) is 2.55. The van der Waals surface area contributed by atoms with Crippen molar-refractivity contribution in [3.63, 3.8) is 0 Å². The van der Waals surface area contributed by atoms with Gasteiger partial charge < -0.3 is 4.74 Å². The van der Waals surface area contributed by atoms with Crippen molar-refractivity contribution < 1.29 is 4.74 Å². The molecule has 0 amide bonds. The molecule has 0 aliphatic carbocycles. The Kier molecular flexibility index (Phi) is 3.37. The quantitative estimate of drug-likeness (QED) is 0.438. The van der Waals surface area contributed by atoms with Gasteiger partial charge in [0.2, 0.25) is 0 Å². The summed E-state index contributed by atoms with van der Waals surface area (Å²) < 4.78 is 5.03. The summed E-state index contributed by atoms with van der Waals surface area (Å²) in [5, 5.41) is 0. The van der Waals surface area contributed by atoms with Crippen molar-refractivity contribution in [1.29, 1.82) is 0 Å². The van der Waals surface area contributed by atoms with Crippen LogP contribution >= 0.6 is 11.6 Å². The van der Waals surface area contributed by atoms with Crippen molar-refractivity contribution in [3.8, 4) is 0 Å². The zero-order valence-corrected chi connectivity index (χ0v) is 6.36. The lowest BCUT2D eigenvalue weighted by atomic mass is 10.0. The second kappa shape index (κ2) is 4.13. The molecule has 1 rings (SSSR count). The van der Waals surface area contributed by atoms with Crippen molar-refractivity contribution in [1.82, 2.24) is 0 Å². The average molecular weight is 149 g/mol. The van der Waals surface area contributed by atoms with E-state index >= 15 is 0 Å². The van der Waals surface area contributed by atoms with Crippen LogP contribution in [0, 0.1) is 5.92 Å². The van der Waals surface area contributed by atoms with Gasteiger partial charge in [0.25, 0.3) is 0 Å². The van der Waals surface area contributed by atoms with Crippen LogP contribution in [0.1, 0.15) is 19.3 Å². The van der Waals surface area contributed by atoms with Gasteiger partial charge in [0, 0.05) is 11.8 Å².